The van der Waals surface area contributed by atoms with Crippen LogP contribution in [0, 0.1) is 0 Å². The molecule has 2 heterocycles. The van der Waals surface area contributed by atoms with Gasteiger partial charge in [-0.1, -0.05) is 224 Å². The number of para-hydroxylation sites is 4. The maximum Gasteiger partial charge on any atom is 0.0541 e. The lowest BCUT2D eigenvalue weighted by Gasteiger charge is -2.15. The highest BCUT2D eigenvalue weighted by Gasteiger charge is 2.19. The normalized spacial score (nSPS) is 11.5. The van der Waals surface area contributed by atoms with E-state index in [-0.39, 0.29) is 0 Å². The fourth-order valence-corrected chi connectivity index (χ4v) is 11.4. The van der Waals surface area contributed by atoms with Gasteiger partial charge in [-0.05, 0) is 133 Å². The first-order valence-electron chi connectivity index (χ1n) is 25.5. The predicted molar refractivity (Wildman–Crippen MR) is 313 cm³/mol. The summed E-state index contributed by atoms with van der Waals surface area (Å²) in [5.41, 5.74) is 23.9. The summed E-state index contributed by atoms with van der Waals surface area (Å²) in [4.78, 5) is 0. The summed E-state index contributed by atoms with van der Waals surface area (Å²) in [5.74, 6) is 0. The summed E-state index contributed by atoms with van der Waals surface area (Å²) in [5, 5.41) is 4.94. The molecule has 0 aliphatic rings. The molecule has 74 heavy (non-hydrogen) atoms. The number of hydrogen-bond acceptors (Lipinski definition) is 0. The van der Waals surface area contributed by atoms with E-state index in [2.05, 4.69) is 300 Å². The SMILES string of the molecule is c1ccc(-c2cccc(-c3cccc(-c4ccc(-c5cccc(-c6ccccc6-n6c7ccccc7c7cc(-c8ccc9c(c8)c8ccccc8n9-c8ccccc8-c8ccccc8)ccc76)c5)cc4)c3)c2)cc1. The number of rotatable bonds is 9. The van der Waals surface area contributed by atoms with Crippen molar-refractivity contribution in [3.63, 3.8) is 0 Å². The third-order valence-electron chi connectivity index (χ3n) is 14.9. The highest BCUT2D eigenvalue weighted by Crippen LogP contribution is 2.42. The molecule has 0 atom stereocenters. The van der Waals surface area contributed by atoms with Crippen LogP contribution in [0.1, 0.15) is 0 Å². The number of nitrogens with zero attached hydrogens (tertiary/aromatic N) is 2. The molecule has 0 spiro atoms. The molecule has 2 aromatic heterocycles. The molecule has 0 N–H and O–H groups in total. The zero-order valence-electron chi connectivity index (χ0n) is 40.6. The van der Waals surface area contributed by atoms with Crippen LogP contribution in [0.4, 0.5) is 0 Å². The van der Waals surface area contributed by atoms with Crippen LogP contribution in [0.5, 0.6) is 0 Å². The topological polar surface area (TPSA) is 9.86 Å². The Balaban J connectivity index is 0.803. The van der Waals surface area contributed by atoms with E-state index in [0.29, 0.717) is 0 Å². The lowest BCUT2D eigenvalue weighted by molar-refractivity contribution is 1.18. The van der Waals surface area contributed by atoms with Crippen LogP contribution in [0.25, 0.3) is 133 Å². The van der Waals surface area contributed by atoms with Crippen molar-refractivity contribution >= 4 is 43.6 Å². The second kappa shape index (κ2) is 18.1. The minimum atomic E-state index is 1.15. The Kier molecular flexibility index (Phi) is 10.6. The minimum absolute atomic E-state index is 1.15. The summed E-state index contributed by atoms with van der Waals surface area (Å²) < 4.78 is 4.89. The van der Waals surface area contributed by atoms with Gasteiger partial charge in [0.1, 0.15) is 0 Å². The molecule has 14 aromatic rings. The molecule has 0 radical (unpaired) electrons. The van der Waals surface area contributed by atoms with E-state index < -0.39 is 0 Å². The largest absolute Gasteiger partial charge is 0.309 e. The summed E-state index contributed by atoms with van der Waals surface area (Å²) in [6.45, 7) is 0. The molecule has 2 heteroatoms. The first-order chi connectivity index (χ1) is 36.7. The van der Waals surface area contributed by atoms with Gasteiger partial charge < -0.3 is 9.13 Å². The highest BCUT2D eigenvalue weighted by molar-refractivity contribution is 6.13. The van der Waals surface area contributed by atoms with E-state index >= 15 is 0 Å². The minimum Gasteiger partial charge on any atom is -0.309 e. The maximum atomic E-state index is 2.46. The van der Waals surface area contributed by atoms with Crippen molar-refractivity contribution in [2.24, 2.45) is 0 Å². The van der Waals surface area contributed by atoms with Gasteiger partial charge in [-0.3, -0.25) is 0 Å². The Hall–Kier alpha value is -9.76. The van der Waals surface area contributed by atoms with E-state index in [4.69, 9.17) is 0 Å². The smallest absolute Gasteiger partial charge is 0.0541 e. The van der Waals surface area contributed by atoms with Crippen molar-refractivity contribution in [1.29, 1.82) is 0 Å². The van der Waals surface area contributed by atoms with Crippen molar-refractivity contribution in [2.75, 3.05) is 0 Å². The standard InChI is InChI=1S/C72H48N2/c1-3-18-49(19-4-1)53-22-15-25-56(44-53)57-26-16-23-54(45-57)50-36-38-51(39-37-50)55-24-17-27-60(46-55)62-29-8-12-33-68(62)74-70-35-14-10-31-64(70)66-48-59(41-43-72(66)74)58-40-42-71-65(47-58)63-30-9-13-34-69(63)73(71)67-32-11-7-28-61(67)52-20-5-2-6-21-52/h1-48H. The predicted octanol–water partition coefficient (Wildman–Crippen LogP) is 19.5. The molecule has 12 aromatic carbocycles. The van der Waals surface area contributed by atoms with Gasteiger partial charge in [0.2, 0.25) is 0 Å². The van der Waals surface area contributed by atoms with Crippen LogP contribution in [0.2, 0.25) is 0 Å². The van der Waals surface area contributed by atoms with Crippen LogP contribution in [0.3, 0.4) is 0 Å². The molecule has 0 unspecified atom stereocenters. The van der Waals surface area contributed by atoms with Gasteiger partial charge in [0.05, 0.1) is 33.4 Å². The van der Waals surface area contributed by atoms with Gasteiger partial charge >= 0.3 is 0 Å². The fraction of sp³-hybridized carbons (Fsp3) is 0. The van der Waals surface area contributed by atoms with Gasteiger partial charge in [-0.25, -0.2) is 0 Å². The molecule has 0 fully saturated rings. The zero-order chi connectivity index (χ0) is 49.0. The number of benzene rings is 12. The molecule has 346 valence electrons. The van der Waals surface area contributed by atoms with Crippen molar-refractivity contribution in [1.82, 2.24) is 9.13 Å². The van der Waals surface area contributed by atoms with E-state index in [0.717, 1.165) is 5.69 Å². The van der Waals surface area contributed by atoms with Crippen molar-refractivity contribution in [2.45, 2.75) is 0 Å². The third-order valence-corrected chi connectivity index (χ3v) is 14.9. The molecular weight excluding hydrogens is 893 g/mol. The summed E-state index contributed by atoms with van der Waals surface area (Å²) in [6, 6.07) is 106. The van der Waals surface area contributed by atoms with Crippen molar-refractivity contribution in [3.8, 4) is 89.3 Å². The molecular formula is C72H48N2. The Labute approximate surface area is 431 Å². The molecule has 2 nitrogen and oxygen atoms in total. The van der Waals surface area contributed by atoms with Crippen LogP contribution >= 0.6 is 0 Å². The molecule has 0 aliphatic heterocycles. The highest BCUT2D eigenvalue weighted by atomic mass is 15.0. The molecule has 0 amide bonds. The quantitative estimate of drug-likeness (QED) is 0.136. The average molecular weight is 941 g/mol. The van der Waals surface area contributed by atoms with E-state index in [1.807, 2.05) is 0 Å². The fourth-order valence-electron chi connectivity index (χ4n) is 11.4. The van der Waals surface area contributed by atoms with Crippen molar-refractivity contribution in [3.05, 3.63) is 291 Å². The Morgan fingerprint density at radius 2 is 0.459 bits per heavy atom. The second-order valence-corrected chi connectivity index (χ2v) is 19.3. The van der Waals surface area contributed by atoms with Gasteiger partial charge in [0, 0.05) is 32.7 Å². The summed E-state index contributed by atoms with van der Waals surface area (Å²) in [6.07, 6.45) is 0. The van der Waals surface area contributed by atoms with E-state index in [1.54, 1.807) is 0 Å². The summed E-state index contributed by atoms with van der Waals surface area (Å²) >= 11 is 0. The molecule has 0 bridgehead atoms. The molecule has 0 saturated heterocycles. The van der Waals surface area contributed by atoms with E-state index in [1.165, 1.54) is 127 Å². The third kappa shape index (κ3) is 7.52. The molecule has 14 rings (SSSR count). The van der Waals surface area contributed by atoms with Gasteiger partial charge in [-0.2, -0.15) is 0 Å². The second-order valence-electron chi connectivity index (χ2n) is 19.3. The molecule has 0 aliphatic carbocycles. The first-order valence-corrected chi connectivity index (χ1v) is 25.5. The van der Waals surface area contributed by atoms with Gasteiger partial charge in [0.25, 0.3) is 0 Å². The Morgan fingerprint density at radius 1 is 0.162 bits per heavy atom. The lowest BCUT2D eigenvalue weighted by atomic mass is 9.94. The van der Waals surface area contributed by atoms with Crippen LogP contribution in [-0.4, -0.2) is 9.13 Å². The van der Waals surface area contributed by atoms with Gasteiger partial charge in [-0.15, -0.1) is 0 Å². The Bertz CT molecular complexity index is 4400. The number of hydrogen-bond donors (Lipinski definition) is 0. The monoisotopic (exact) mass is 940 g/mol. The van der Waals surface area contributed by atoms with Crippen LogP contribution in [0.15, 0.2) is 291 Å². The lowest BCUT2D eigenvalue weighted by Crippen LogP contribution is -1.97. The van der Waals surface area contributed by atoms with Crippen LogP contribution < -0.4 is 0 Å². The Morgan fingerprint density at radius 3 is 0.946 bits per heavy atom. The first kappa shape index (κ1) is 43.1. The van der Waals surface area contributed by atoms with Crippen LogP contribution in [-0.2, 0) is 0 Å². The van der Waals surface area contributed by atoms with Crippen molar-refractivity contribution < 1.29 is 0 Å². The summed E-state index contributed by atoms with van der Waals surface area (Å²) in [7, 11) is 0. The maximum absolute atomic E-state index is 2.46. The van der Waals surface area contributed by atoms with E-state index in [9.17, 15) is 0 Å². The molecule has 0 saturated carbocycles. The number of aromatic nitrogens is 2. The average Bonchev–Trinajstić information content (AvgIpc) is 4.01. The van der Waals surface area contributed by atoms with Gasteiger partial charge in [0.15, 0.2) is 0 Å². The zero-order valence-corrected chi connectivity index (χ0v) is 40.6. The number of fused-ring (bicyclic) bond motifs is 6.